The van der Waals surface area contributed by atoms with Crippen LogP contribution in [0.5, 0.6) is 0 Å². The molecule has 344 valence electrons. The number of nitrogen functional groups attached to an aromatic ring is 1. The molecule has 72 heavy (non-hydrogen) atoms. The van der Waals surface area contributed by atoms with E-state index in [1.165, 1.54) is 122 Å². The van der Waals surface area contributed by atoms with Gasteiger partial charge in [0.25, 0.3) is 0 Å². The van der Waals surface area contributed by atoms with E-state index in [-0.39, 0.29) is 5.41 Å². The first-order valence-electron chi connectivity index (χ1n) is 25.9. The summed E-state index contributed by atoms with van der Waals surface area (Å²) in [5.74, 6) is 0. The molecule has 0 heterocycles. The van der Waals surface area contributed by atoms with Crippen molar-refractivity contribution in [1.29, 1.82) is 0 Å². The van der Waals surface area contributed by atoms with Crippen LogP contribution in [0.25, 0.3) is 55.6 Å². The number of benzene rings is 9. The zero-order valence-corrected chi connectivity index (χ0v) is 41.0. The largest absolute Gasteiger partial charge is 0.399 e. The molecule has 1 heteroatoms. The Balaban J connectivity index is 0.000000137. The van der Waals surface area contributed by atoms with E-state index in [0.717, 1.165) is 37.8 Å². The van der Waals surface area contributed by atoms with Crippen LogP contribution in [-0.2, 0) is 17.3 Å². The topological polar surface area (TPSA) is 26.0 Å². The summed E-state index contributed by atoms with van der Waals surface area (Å²) in [6, 6.07) is 74.4. The number of hydrogen-bond donors (Lipinski definition) is 1. The molecule has 1 nitrogen and oxygen atoms in total. The van der Waals surface area contributed by atoms with E-state index in [4.69, 9.17) is 5.73 Å². The number of nitrogens with two attached hydrogens (primary N) is 1. The van der Waals surface area contributed by atoms with Crippen LogP contribution in [0.1, 0.15) is 81.3 Å². The number of hydrogen-bond acceptors (Lipinski definition) is 1. The van der Waals surface area contributed by atoms with E-state index in [1.54, 1.807) is 11.1 Å². The van der Waals surface area contributed by atoms with Crippen LogP contribution in [0.3, 0.4) is 0 Å². The number of rotatable bonds is 4. The minimum Gasteiger partial charge on any atom is -0.399 e. The van der Waals surface area contributed by atoms with Crippen LogP contribution in [0.15, 0.2) is 247 Å². The second-order valence-electron chi connectivity index (χ2n) is 20.8. The van der Waals surface area contributed by atoms with Gasteiger partial charge in [-0.25, -0.2) is 0 Å². The van der Waals surface area contributed by atoms with Crippen molar-refractivity contribution in [2.75, 3.05) is 5.73 Å². The lowest BCUT2D eigenvalue weighted by Gasteiger charge is -2.35. The van der Waals surface area contributed by atoms with E-state index in [1.807, 2.05) is 6.07 Å². The lowest BCUT2D eigenvalue weighted by molar-refractivity contribution is 0.701. The summed E-state index contributed by atoms with van der Waals surface area (Å²) in [4.78, 5) is 0. The van der Waals surface area contributed by atoms with Gasteiger partial charge in [0.05, 0.1) is 10.8 Å². The smallest absolute Gasteiger partial charge is 0.0732 e. The van der Waals surface area contributed by atoms with Crippen molar-refractivity contribution < 1.29 is 0 Å². The standard InChI is InChI=1S/C39H29N.C32H26/c1-25-14-20-32-33-21-19-29(40)24-37(33)39(36(32)22-25)35-13-6-5-10-31(35)34-12-7-11-30(38(34)39)28-17-15-27(16-18-28)23-26-8-3-2-4-9-26;1-21-14-16-22(17-15-21)23-18-19-27-26-10-4-7-13-30(26)32(31(27)20-23)28-11-5-2-8-24(28)25-9-3-6-12-29(25)32/h2-22,24H,23,40H2,1H3;2,4,6-8,10,12-20H,3,5,9,11H2,1H3. The molecule has 6 aliphatic rings. The molecule has 0 bridgehead atoms. The maximum atomic E-state index is 6.52. The Kier molecular flexibility index (Phi) is 9.71. The molecule has 0 aromatic heterocycles. The molecule has 9 aromatic rings. The van der Waals surface area contributed by atoms with Gasteiger partial charge in [-0.05, 0) is 187 Å². The highest BCUT2D eigenvalue weighted by molar-refractivity contribution is 5.99. The highest BCUT2D eigenvalue weighted by Gasteiger charge is 2.54. The summed E-state index contributed by atoms with van der Waals surface area (Å²) < 4.78 is 0. The van der Waals surface area contributed by atoms with Gasteiger partial charge >= 0.3 is 0 Å². The first-order chi connectivity index (χ1) is 35.4. The molecule has 2 atom stereocenters. The van der Waals surface area contributed by atoms with Crippen molar-refractivity contribution in [2.45, 2.75) is 56.8 Å². The van der Waals surface area contributed by atoms with Crippen LogP contribution in [-0.4, -0.2) is 0 Å². The maximum absolute atomic E-state index is 6.52. The predicted octanol–water partition coefficient (Wildman–Crippen LogP) is 17.4. The van der Waals surface area contributed by atoms with Crippen LogP contribution in [0.2, 0.25) is 0 Å². The van der Waals surface area contributed by atoms with Gasteiger partial charge in [-0.1, -0.05) is 217 Å². The highest BCUT2D eigenvalue weighted by atomic mass is 14.6. The fourth-order valence-corrected chi connectivity index (χ4v) is 13.9. The maximum Gasteiger partial charge on any atom is 0.0732 e. The van der Waals surface area contributed by atoms with Crippen molar-refractivity contribution >= 4 is 5.69 Å². The van der Waals surface area contributed by atoms with Crippen LogP contribution < -0.4 is 5.73 Å². The lowest BCUT2D eigenvalue weighted by atomic mass is 9.66. The number of allylic oxidation sites excluding steroid dienone is 8. The summed E-state index contributed by atoms with van der Waals surface area (Å²) in [7, 11) is 0. The van der Waals surface area contributed by atoms with E-state index in [2.05, 4.69) is 232 Å². The predicted molar refractivity (Wildman–Crippen MR) is 300 cm³/mol. The van der Waals surface area contributed by atoms with Crippen LogP contribution in [0.4, 0.5) is 5.69 Å². The molecule has 2 N–H and O–H groups in total. The Bertz CT molecular complexity index is 3780. The number of fused-ring (bicyclic) bond motifs is 18. The normalized spacial score (nSPS) is 18.8. The second kappa shape index (κ2) is 16.4. The summed E-state index contributed by atoms with van der Waals surface area (Å²) in [6.45, 7) is 4.36. The molecule has 6 aliphatic carbocycles. The molecule has 0 saturated carbocycles. The monoisotopic (exact) mass is 921 g/mol. The van der Waals surface area contributed by atoms with Gasteiger partial charge < -0.3 is 5.73 Å². The van der Waals surface area contributed by atoms with Crippen molar-refractivity contribution in [3.8, 4) is 55.6 Å². The molecule has 9 aromatic carbocycles. The molecule has 0 amide bonds. The quantitative estimate of drug-likeness (QED) is 0.175. The minimum absolute atomic E-state index is 0.126. The Labute approximate surface area is 424 Å². The van der Waals surface area contributed by atoms with Crippen LogP contribution >= 0.6 is 0 Å². The van der Waals surface area contributed by atoms with Gasteiger partial charge in [0, 0.05) is 5.69 Å². The third kappa shape index (κ3) is 6.13. The first-order valence-corrected chi connectivity index (χ1v) is 25.9. The molecule has 15 rings (SSSR count). The molecule has 0 saturated heterocycles. The van der Waals surface area contributed by atoms with Gasteiger partial charge in [0.15, 0.2) is 0 Å². The Morgan fingerprint density at radius 1 is 0.403 bits per heavy atom. The molecule has 2 spiro atoms. The zero-order valence-electron chi connectivity index (χ0n) is 41.0. The van der Waals surface area contributed by atoms with Gasteiger partial charge in [0.1, 0.15) is 0 Å². The summed E-state index contributed by atoms with van der Waals surface area (Å²) >= 11 is 0. The van der Waals surface area contributed by atoms with Gasteiger partial charge in [-0.2, -0.15) is 0 Å². The molecule has 2 unspecified atom stereocenters. The molecular formula is C71H55N. The van der Waals surface area contributed by atoms with Gasteiger partial charge in [-0.3, -0.25) is 0 Å². The molecule has 0 aliphatic heterocycles. The van der Waals surface area contributed by atoms with Crippen molar-refractivity contribution in [3.63, 3.8) is 0 Å². The van der Waals surface area contributed by atoms with Gasteiger partial charge in [-0.15, -0.1) is 0 Å². The summed E-state index contributed by atoms with van der Waals surface area (Å²) in [5.41, 5.74) is 39.7. The summed E-state index contributed by atoms with van der Waals surface area (Å²) in [6.07, 6.45) is 15.2. The van der Waals surface area contributed by atoms with E-state index >= 15 is 0 Å². The Hall–Kier alpha value is -8.26. The average Bonchev–Trinajstić information content (AvgIpc) is 4.10. The van der Waals surface area contributed by atoms with Crippen LogP contribution in [0, 0.1) is 13.8 Å². The minimum atomic E-state index is -0.419. The molecule has 0 fully saturated rings. The third-order valence-electron chi connectivity index (χ3n) is 16.8. The number of aryl methyl sites for hydroxylation is 2. The van der Waals surface area contributed by atoms with E-state index in [9.17, 15) is 0 Å². The van der Waals surface area contributed by atoms with Crippen molar-refractivity contribution in [3.05, 3.63) is 302 Å². The molecule has 0 radical (unpaired) electrons. The van der Waals surface area contributed by atoms with Gasteiger partial charge in [0.2, 0.25) is 0 Å². The molecular weight excluding hydrogens is 867 g/mol. The summed E-state index contributed by atoms with van der Waals surface area (Å²) in [5, 5.41) is 0. The highest BCUT2D eigenvalue weighted by Crippen LogP contribution is 2.66. The fourth-order valence-electron chi connectivity index (χ4n) is 13.9. The Morgan fingerprint density at radius 3 is 1.75 bits per heavy atom. The van der Waals surface area contributed by atoms with Crippen molar-refractivity contribution in [1.82, 2.24) is 0 Å². The average molecular weight is 922 g/mol. The van der Waals surface area contributed by atoms with E-state index in [0.29, 0.717) is 0 Å². The van der Waals surface area contributed by atoms with Crippen molar-refractivity contribution in [2.24, 2.45) is 0 Å². The lowest BCUT2D eigenvalue weighted by Crippen LogP contribution is -2.29. The number of anilines is 1. The second-order valence-corrected chi connectivity index (χ2v) is 20.8. The Morgan fingerprint density at radius 2 is 0.958 bits per heavy atom. The SMILES string of the molecule is Cc1ccc(-c2ccc3c(c2)C2(C4=C(CCC=C4)C4=C2CCC=C4)c2ccccc2-3)cc1.Cc1ccc2c(c1)C1(c3cc(N)ccc3-2)c2ccccc2-c2cccc(-c3ccc(Cc4ccccc4)cc3)c21. The first kappa shape index (κ1) is 42.6. The third-order valence-corrected chi connectivity index (χ3v) is 16.8. The fraction of sp³-hybridized carbons (Fsp3) is 0.127. The van der Waals surface area contributed by atoms with E-state index < -0.39 is 5.41 Å². The zero-order chi connectivity index (χ0) is 48.1.